The van der Waals surface area contributed by atoms with Gasteiger partial charge in [-0.2, -0.15) is 0 Å². The van der Waals surface area contributed by atoms with Gasteiger partial charge in [0.2, 0.25) is 0 Å². The summed E-state index contributed by atoms with van der Waals surface area (Å²) in [6.45, 7) is 2.62. The van der Waals surface area contributed by atoms with Crippen molar-refractivity contribution in [3.63, 3.8) is 0 Å². The van der Waals surface area contributed by atoms with E-state index in [1.54, 1.807) is 0 Å². The molecule has 13 heavy (non-hydrogen) atoms. The molecule has 1 saturated carbocycles. The van der Waals surface area contributed by atoms with Gasteiger partial charge in [-0.25, -0.2) is 0 Å². The monoisotopic (exact) mass is 176 g/mol. The maximum absolute atomic E-state index is 8.97. The highest BCUT2D eigenvalue weighted by molar-refractivity contribution is 5.21. The van der Waals surface area contributed by atoms with Gasteiger partial charge < -0.3 is 5.11 Å². The Labute approximate surface area is 79.4 Å². The summed E-state index contributed by atoms with van der Waals surface area (Å²) >= 11 is 0. The highest BCUT2D eigenvalue weighted by Gasteiger charge is 2.40. The molecule has 0 spiro atoms. The van der Waals surface area contributed by atoms with Gasteiger partial charge in [0.1, 0.15) is 0 Å². The van der Waals surface area contributed by atoms with Gasteiger partial charge in [-0.3, -0.25) is 0 Å². The predicted molar refractivity (Wildman–Crippen MR) is 53.5 cm³/mol. The normalized spacial score (nSPS) is 28.5. The fourth-order valence-corrected chi connectivity index (χ4v) is 2.10. The summed E-state index contributed by atoms with van der Waals surface area (Å²) < 4.78 is 0. The maximum Gasteiger partial charge on any atom is 0.0462 e. The number of aliphatic hydroxyl groups is 1. The van der Waals surface area contributed by atoms with Crippen molar-refractivity contribution >= 4 is 0 Å². The molecule has 0 amide bonds. The van der Waals surface area contributed by atoms with E-state index in [9.17, 15) is 0 Å². The van der Waals surface area contributed by atoms with Crippen molar-refractivity contribution in [2.45, 2.75) is 19.3 Å². The van der Waals surface area contributed by atoms with E-state index in [2.05, 4.69) is 31.2 Å². The van der Waals surface area contributed by atoms with Gasteiger partial charge in [0.25, 0.3) is 0 Å². The molecule has 0 aromatic heterocycles. The van der Waals surface area contributed by atoms with E-state index in [0.717, 1.165) is 0 Å². The van der Waals surface area contributed by atoms with Crippen LogP contribution in [0.1, 0.15) is 24.8 Å². The van der Waals surface area contributed by atoms with Crippen molar-refractivity contribution in [1.82, 2.24) is 0 Å². The molecule has 1 aliphatic rings. The Morgan fingerprint density at radius 3 is 2.62 bits per heavy atom. The molecule has 0 aliphatic heterocycles. The Kier molecular flexibility index (Phi) is 2.36. The quantitative estimate of drug-likeness (QED) is 0.750. The van der Waals surface area contributed by atoms with Crippen LogP contribution in [0.5, 0.6) is 0 Å². The minimum Gasteiger partial charge on any atom is -0.396 e. The highest BCUT2D eigenvalue weighted by atomic mass is 16.3. The van der Waals surface area contributed by atoms with Gasteiger partial charge in [0.15, 0.2) is 0 Å². The van der Waals surface area contributed by atoms with Gasteiger partial charge in [-0.1, -0.05) is 37.3 Å². The molecule has 1 aliphatic carbocycles. The summed E-state index contributed by atoms with van der Waals surface area (Å²) in [5.41, 5.74) is 1.41. The van der Waals surface area contributed by atoms with E-state index in [1.807, 2.05) is 6.07 Å². The molecule has 0 unspecified atom stereocenters. The topological polar surface area (TPSA) is 20.2 Å². The van der Waals surface area contributed by atoms with E-state index in [4.69, 9.17) is 5.11 Å². The van der Waals surface area contributed by atoms with Crippen LogP contribution in [0.3, 0.4) is 0 Å². The van der Waals surface area contributed by atoms with Crippen LogP contribution in [-0.2, 0) is 0 Å². The minimum atomic E-state index is 0.363. The van der Waals surface area contributed by atoms with Gasteiger partial charge in [0, 0.05) is 6.61 Å². The first-order chi connectivity index (χ1) is 6.33. The minimum absolute atomic E-state index is 0.363. The van der Waals surface area contributed by atoms with Crippen LogP contribution >= 0.6 is 0 Å². The summed E-state index contributed by atoms with van der Waals surface area (Å²) in [6, 6.07) is 10.6. The average Bonchev–Trinajstić information content (AvgIpc) is 2.97. The van der Waals surface area contributed by atoms with Crippen molar-refractivity contribution in [3.05, 3.63) is 35.9 Å². The molecule has 1 nitrogen and oxygen atoms in total. The fraction of sp³-hybridized carbons (Fsp3) is 0.500. The molecule has 70 valence electrons. The van der Waals surface area contributed by atoms with Crippen LogP contribution in [0.2, 0.25) is 0 Å². The second-order valence-corrected chi connectivity index (χ2v) is 4.04. The third kappa shape index (κ3) is 1.75. The SMILES string of the molecule is C[C@H](c1ccccc1)[C@@H]1C[C@H]1CO. The van der Waals surface area contributed by atoms with E-state index in [0.29, 0.717) is 24.4 Å². The number of hydrogen-bond acceptors (Lipinski definition) is 1. The molecule has 1 fully saturated rings. The lowest BCUT2D eigenvalue weighted by Crippen LogP contribution is -1.99. The third-order valence-electron chi connectivity index (χ3n) is 3.18. The van der Waals surface area contributed by atoms with Gasteiger partial charge in [-0.05, 0) is 29.7 Å². The Morgan fingerprint density at radius 1 is 1.38 bits per heavy atom. The molecule has 0 radical (unpaired) electrons. The summed E-state index contributed by atoms with van der Waals surface area (Å²) in [7, 11) is 0. The molecule has 0 heterocycles. The highest BCUT2D eigenvalue weighted by Crippen LogP contribution is 2.47. The van der Waals surface area contributed by atoms with Crippen molar-refractivity contribution in [3.8, 4) is 0 Å². The maximum atomic E-state index is 8.97. The van der Waals surface area contributed by atoms with Crippen molar-refractivity contribution < 1.29 is 5.11 Å². The molecular weight excluding hydrogens is 160 g/mol. The molecule has 3 atom stereocenters. The summed E-state index contributed by atoms with van der Waals surface area (Å²) in [5, 5.41) is 8.97. The Bertz CT molecular complexity index is 268. The van der Waals surface area contributed by atoms with Gasteiger partial charge >= 0.3 is 0 Å². The average molecular weight is 176 g/mol. The zero-order valence-corrected chi connectivity index (χ0v) is 7.98. The zero-order chi connectivity index (χ0) is 9.26. The molecule has 1 aromatic rings. The molecule has 1 heteroatoms. The third-order valence-corrected chi connectivity index (χ3v) is 3.18. The molecule has 1 aromatic carbocycles. The first kappa shape index (κ1) is 8.76. The van der Waals surface area contributed by atoms with Crippen LogP contribution in [-0.4, -0.2) is 11.7 Å². The van der Waals surface area contributed by atoms with Crippen molar-refractivity contribution in [2.24, 2.45) is 11.8 Å². The summed E-state index contributed by atoms with van der Waals surface area (Å²) in [4.78, 5) is 0. The largest absolute Gasteiger partial charge is 0.396 e. The molecular formula is C12H16O. The smallest absolute Gasteiger partial charge is 0.0462 e. The van der Waals surface area contributed by atoms with E-state index in [-0.39, 0.29) is 0 Å². The zero-order valence-electron chi connectivity index (χ0n) is 7.98. The Hall–Kier alpha value is -0.820. The Balaban J connectivity index is 2.03. The van der Waals surface area contributed by atoms with Crippen LogP contribution in [0.15, 0.2) is 30.3 Å². The number of rotatable bonds is 3. The van der Waals surface area contributed by atoms with Crippen molar-refractivity contribution in [2.75, 3.05) is 6.61 Å². The van der Waals surface area contributed by atoms with Crippen LogP contribution in [0.25, 0.3) is 0 Å². The van der Waals surface area contributed by atoms with E-state index >= 15 is 0 Å². The predicted octanol–water partition coefficient (Wildman–Crippen LogP) is 2.42. The lowest BCUT2D eigenvalue weighted by Gasteiger charge is -2.10. The number of benzene rings is 1. The molecule has 2 rings (SSSR count). The summed E-state index contributed by atoms with van der Waals surface area (Å²) in [5.74, 6) is 1.89. The van der Waals surface area contributed by atoms with Gasteiger partial charge in [0.05, 0.1) is 0 Å². The Morgan fingerprint density at radius 2 is 2.08 bits per heavy atom. The second-order valence-electron chi connectivity index (χ2n) is 4.04. The lowest BCUT2D eigenvalue weighted by atomic mass is 9.95. The molecule has 0 saturated heterocycles. The fourth-order valence-electron chi connectivity index (χ4n) is 2.10. The standard InChI is InChI=1S/C12H16O/c1-9(12-7-11(12)8-13)10-5-3-2-4-6-10/h2-6,9,11-13H,7-8H2,1H3/t9-,11+,12+/m1/s1. The van der Waals surface area contributed by atoms with Crippen LogP contribution < -0.4 is 0 Å². The van der Waals surface area contributed by atoms with Crippen LogP contribution in [0, 0.1) is 11.8 Å². The first-order valence-electron chi connectivity index (χ1n) is 4.98. The van der Waals surface area contributed by atoms with Gasteiger partial charge in [-0.15, -0.1) is 0 Å². The molecule has 1 N–H and O–H groups in total. The van der Waals surface area contributed by atoms with E-state index < -0.39 is 0 Å². The second kappa shape index (κ2) is 3.51. The lowest BCUT2D eigenvalue weighted by molar-refractivity contribution is 0.265. The first-order valence-corrected chi connectivity index (χ1v) is 4.98. The number of aliphatic hydroxyl groups excluding tert-OH is 1. The molecule has 0 bridgehead atoms. The van der Waals surface area contributed by atoms with Crippen LogP contribution in [0.4, 0.5) is 0 Å². The number of hydrogen-bond donors (Lipinski definition) is 1. The van der Waals surface area contributed by atoms with Crippen molar-refractivity contribution in [1.29, 1.82) is 0 Å². The van der Waals surface area contributed by atoms with E-state index in [1.165, 1.54) is 12.0 Å². The summed E-state index contributed by atoms with van der Waals surface area (Å²) in [6.07, 6.45) is 1.20.